The molecule has 1 saturated heterocycles. The molecule has 0 aliphatic carbocycles. The van der Waals surface area contributed by atoms with Gasteiger partial charge in [-0.25, -0.2) is 9.18 Å². The molecule has 1 aromatic carbocycles. The molecule has 3 N–H and O–H groups in total. The van der Waals surface area contributed by atoms with Crippen molar-refractivity contribution in [3.63, 3.8) is 0 Å². The van der Waals surface area contributed by atoms with E-state index in [1.165, 1.54) is 12.1 Å². The average molecular weight is 303 g/mol. The molecule has 0 spiro atoms. The van der Waals surface area contributed by atoms with Crippen molar-refractivity contribution in [2.24, 2.45) is 0 Å². The minimum Gasteiger partial charge on any atom is -0.394 e. The maximum Gasteiger partial charge on any atom is 0.315 e. The minimum atomic E-state index is -0.691. The number of hydrogen-bond donors (Lipinski definition) is 3. The van der Waals surface area contributed by atoms with Crippen molar-refractivity contribution in [3.05, 3.63) is 34.6 Å². The number of nitrogens with one attached hydrogen (secondary N) is 2. The van der Waals surface area contributed by atoms with Crippen LogP contribution in [0.4, 0.5) is 9.18 Å². The van der Waals surface area contributed by atoms with Crippen molar-refractivity contribution < 1.29 is 19.0 Å². The van der Waals surface area contributed by atoms with Crippen LogP contribution in [0.5, 0.6) is 0 Å². The predicted octanol–water partition coefficient (Wildman–Crippen LogP) is 1.60. The molecule has 1 heterocycles. The first-order valence-corrected chi connectivity index (χ1v) is 6.68. The molecule has 0 bridgehead atoms. The van der Waals surface area contributed by atoms with Gasteiger partial charge in [-0.3, -0.25) is 0 Å². The van der Waals surface area contributed by atoms with Gasteiger partial charge in [0, 0.05) is 6.61 Å². The topological polar surface area (TPSA) is 70.6 Å². The van der Waals surface area contributed by atoms with Crippen LogP contribution in [0.1, 0.15) is 18.0 Å². The molecule has 2 amide bonds. The lowest BCUT2D eigenvalue weighted by Gasteiger charge is -2.19. The van der Waals surface area contributed by atoms with Gasteiger partial charge in [-0.05, 0) is 24.1 Å². The van der Waals surface area contributed by atoms with Crippen LogP contribution < -0.4 is 10.6 Å². The summed E-state index contributed by atoms with van der Waals surface area (Å²) in [6.45, 7) is 0.763. The van der Waals surface area contributed by atoms with Crippen LogP contribution in [0.3, 0.4) is 0 Å². The molecule has 1 aromatic rings. The second-order valence-corrected chi connectivity index (χ2v) is 4.99. The highest BCUT2D eigenvalue weighted by molar-refractivity contribution is 6.30. The molecule has 2 rings (SSSR count). The largest absolute Gasteiger partial charge is 0.394 e. The van der Waals surface area contributed by atoms with Gasteiger partial charge in [-0.2, -0.15) is 0 Å². The Morgan fingerprint density at radius 1 is 1.60 bits per heavy atom. The first kappa shape index (κ1) is 15.0. The lowest BCUT2D eigenvalue weighted by atomic mass is 10.1. The minimum absolute atomic E-state index is 0.00186. The van der Waals surface area contributed by atoms with Gasteiger partial charge in [0.2, 0.25) is 0 Å². The van der Waals surface area contributed by atoms with Crippen LogP contribution in [-0.2, 0) is 4.74 Å². The first-order valence-electron chi connectivity index (χ1n) is 6.30. The van der Waals surface area contributed by atoms with Gasteiger partial charge < -0.3 is 20.5 Å². The van der Waals surface area contributed by atoms with Crippen LogP contribution in [-0.4, -0.2) is 37.0 Å². The van der Waals surface area contributed by atoms with Crippen molar-refractivity contribution in [2.75, 3.05) is 19.8 Å². The third-order valence-electron chi connectivity index (χ3n) is 3.10. The number of hydrogen-bond acceptors (Lipinski definition) is 3. The summed E-state index contributed by atoms with van der Waals surface area (Å²) in [6, 6.07) is 3.00. The fraction of sp³-hybridized carbons (Fsp3) is 0.462. The second-order valence-electron chi connectivity index (χ2n) is 4.59. The number of urea groups is 1. The van der Waals surface area contributed by atoms with Crippen LogP contribution in [0.2, 0.25) is 5.02 Å². The monoisotopic (exact) mass is 302 g/mol. The predicted molar refractivity (Wildman–Crippen MR) is 72.1 cm³/mol. The van der Waals surface area contributed by atoms with E-state index in [9.17, 15) is 14.3 Å². The zero-order valence-corrected chi connectivity index (χ0v) is 11.5. The number of carbonyl (C=O) groups is 1. The highest BCUT2D eigenvalue weighted by Crippen LogP contribution is 2.20. The van der Waals surface area contributed by atoms with Gasteiger partial charge in [0.1, 0.15) is 5.82 Å². The second kappa shape index (κ2) is 6.88. The Balaban J connectivity index is 1.96. The molecule has 0 radical (unpaired) electrons. The summed E-state index contributed by atoms with van der Waals surface area (Å²) in [7, 11) is 0. The van der Waals surface area contributed by atoms with E-state index in [1.54, 1.807) is 6.07 Å². The Labute approximate surface area is 121 Å². The molecule has 0 saturated carbocycles. The summed E-state index contributed by atoms with van der Waals surface area (Å²) in [5.41, 5.74) is 0.451. The molecule has 20 heavy (non-hydrogen) atoms. The van der Waals surface area contributed by atoms with E-state index in [2.05, 4.69) is 10.6 Å². The highest BCUT2D eigenvalue weighted by Gasteiger charge is 2.20. The summed E-state index contributed by atoms with van der Waals surface area (Å²) >= 11 is 5.60. The smallest absolute Gasteiger partial charge is 0.315 e. The normalized spacial score (nSPS) is 19.6. The number of ether oxygens (including phenoxy) is 1. The number of carbonyl (C=O) groups excluding carboxylic acids is 1. The quantitative estimate of drug-likeness (QED) is 0.791. The number of benzene rings is 1. The van der Waals surface area contributed by atoms with Crippen molar-refractivity contribution in [1.82, 2.24) is 10.6 Å². The lowest BCUT2D eigenvalue weighted by Crippen LogP contribution is -2.44. The number of halogens is 2. The molecule has 110 valence electrons. The van der Waals surface area contributed by atoms with E-state index in [4.69, 9.17) is 16.3 Å². The lowest BCUT2D eigenvalue weighted by molar-refractivity contribution is 0.186. The fourth-order valence-electron chi connectivity index (χ4n) is 2.00. The number of amides is 2. The third kappa shape index (κ3) is 3.82. The molecule has 7 heteroatoms. The third-order valence-corrected chi connectivity index (χ3v) is 3.41. The molecule has 1 aliphatic heterocycles. The van der Waals surface area contributed by atoms with E-state index in [0.29, 0.717) is 18.8 Å². The highest BCUT2D eigenvalue weighted by atomic mass is 35.5. The van der Waals surface area contributed by atoms with Crippen LogP contribution >= 0.6 is 11.6 Å². The maximum absolute atomic E-state index is 13.4. The number of aliphatic hydroxyl groups excluding tert-OH is 1. The van der Waals surface area contributed by atoms with E-state index in [-0.39, 0.29) is 17.7 Å². The maximum atomic E-state index is 13.4. The molecule has 5 nitrogen and oxygen atoms in total. The molecular weight excluding hydrogens is 287 g/mol. The molecular formula is C13H16ClFN2O3. The Morgan fingerprint density at radius 3 is 3.00 bits per heavy atom. The van der Waals surface area contributed by atoms with E-state index in [1.807, 2.05) is 0 Å². The summed E-state index contributed by atoms with van der Waals surface area (Å²) < 4.78 is 18.5. The molecule has 1 fully saturated rings. The van der Waals surface area contributed by atoms with Crippen LogP contribution in [0.15, 0.2) is 18.2 Å². The van der Waals surface area contributed by atoms with Gasteiger partial charge in [0.15, 0.2) is 0 Å². The zero-order valence-electron chi connectivity index (χ0n) is 10.7. The average Bonchev–Trinajstić information content (AvgIpc) is 2.92. The van der Waals surface area contributed by atoms with Gasteiger partial charge in [-0.15, -0.1) is 0 Å². The first-order chi connectivity index (χ1) is 9.60. The van der Waals surface area contributed by atoms with E-state index in [0.717, 1.165) is 6.42 Å². The van der Waals surface area contributed by atoms with Gasteiger partial charge in [0.25, 0.3) is 0 Å². The van der Waals surface area contributed by atoms with Crippen LogP contribution in [0.25, 0.3) is 0 Å². The van der Waals surface area contributed by atoms with Gasteiger partial charge >= 0.3 is 6.03 Å². The standard InChI is InChI=1S/C13H16ClFN2O3/c14-10-2-1-8(5-11(10)15)12(6-18)17-13(19)16-9-3-4-20-7-9/h1-2,5,9,12,18H,3-4,6-7H2,(H2,16,17,19). The van der Waals surface area contributed by atoms with Crippen molar-refractivity contribution in [1.29, 1.82) is 0 Å². The zero-order chi connectivity index (χ0) is 14.5. The Kier molecular flexibility index (Phi) is 5.17. The van der Waals surface area contributed by atoms with E-state index >= 15 is 0 Å². The van der Waals surface area contributed by atoms with Gasteiger partial charge in [0.05, 0.1) is 30.3 Å². The summed E-state index contributed by atoms with van der Waals surface area (Å²) in [5.74, 6) is -0.589. The van der Waals surface area contributed by atoms with Crippen molar-refractivity contribution >= 4 is 17.6 Å². The number of rotatable bonds is 4. The Hall–Kier alpha value is -1.37. The molecule has 2 unspecified atom stereocenters. The Bertz CT molecular complexity index is 481. The van der Waals surface area contributed by atoms with Gasteiger partial charge in [-0.1, -0.05) is 17.7 Å². The van der Waals surface area contributed by atoms with Crippen molar-refractivity contribution in [2.45, 2.75) is 18.5 Å². The van der Waals surface area contributed by atoms with Crippen LogP contribution in [0, 0.1) is 5.82 Å². The fourth-order valence-corrected chi connectivity index (χ4v) is 2.11. The van der Waals surface area contributed by atoms with E-state index < -0.39 is 17.9 Å². The van der Waals surface area contributed by atoms with Crippen molar-refractivity contribution in [3.8, 4) is 0 Å². The number of aliphatic hydroxyl groups is 1. The summed E-state index contributed by atoms with van der Waals surface area (Å²) in [4.78, 5) is 11.8. The molecule has 1 aliphatic rings. The molecule has 0 aromatic heterocycles. The summed E-state index contributed by atoms with van der Waals surface area (Å²) in [5, 5.41) is 14.6. The summed E-state index contributed by atoms with van der Waals surface area (Å²) in [6.07, 6.45) is 0.757. The molecule has 2 atom stereocenters. The Morgan fingerprint density at radius 2 is 2.40 bits per heavy atom. The SMILES string of the molecule is O=C(NC1CCOC1)NC(CO)c1ccc(Cl)c(F)c1.